The molecule has 1 N–H and O–H groups in total. The number of benzene rings is 3. The number of ether oxygens (including phenoxy) is 2. The highest BCUT2D eigenvalue weighted by atomic mass is 16.6. The number of amides is 2. The average Bonchev–Trinajstić information content (AvgIpc) is 3.18. The Kier molecular flexibility index (Phi) is 6.44. The van der Waals surface area contributed by atoms with Gasteiger partial charge in [-0.2, -0.15) is 0 Å². The minimum Gasteiger partial charge on any atom is -0.493 e. The Morgan fingerprint density at radius 2 is 1.82 bits per heavy atom. The number of methoxy groups -OCH3 is 2. The molecular weight excluding hydrogens is 438 g/mol. The zero-order chi connectivity index (χ0) is 24.2. The monoisotopic (exact) mass is 461 g/mol. The maximum atomic E-state index is 13.2. The van der Waals surface area contributed by atoms with Crippen LogP contribution in [0.3, 0.4) is 0 Å². The minimum absolute atomic E-state index is 0.0576. The summed E-state index contributed by atoms with van der Waals surface area (Å²) in [6.45, 7) is 0.359. The number of hydrogen-bond donors (Lipinski definition) is 1. The van der Waals surface area contributed by atoms with Gasteiger partial charge in [0.05, 0.1) is 31.6 Å². The number of nitro groups is 1. The van der Waals surface area contributed by atoms with Gasteiger partial charge in [0.25, 0.3) is 11.6 Å². The van der Waals surface area contributed by atoms with Crippen molar-refractivity contribution in [2.45, 2.75) is 19.0 Å². The van der Waals surface area contributed by atoms with E-state index < -0.39 is 11.0 Å². The van der Waals surface area contributed by atoms with Crippen LogP contribution >= 0.6 is 0 Å². The number of fused-ring (bicyclic) bond motifs is 1. The summed E-state index contributed by atoms with van der Waals surface area (Å²) in [5.41, 5.74) is 2.37. The molecule has 2 amide bonds. The molecule has 0 bridgehead atoms. The molecular formula is C25H23N3O6. The van der Waals surface area contributed by atoms with E-state index in [2.05, 4.69) is 5.32 Å². The molecule has 0 saturated carbocycles. The third-order valence-electron chi connectivity index (χ3n) is 5.74. The van der Waals surface area contributed by atoms with Gasteiger partial charge in [0.15, 0.2) is 11.5 Å². The zero-order valence-corrected chi connectivity index (χ0v) is 18.7. The molecule has 0 aromatic heterocycles. The maximum absolute atomic E-state index is 13.2. The lowest BCUT2D eigenvalue weighted by Crippen LogP contribution is -2.32. The van der Waals surface area contributed by atoms with Gasteiger partial charge in [0.1, 0.15) is 0 Å². The molecule has 0 fully saturated rings. The molecule has 3 aromatic rings. The number of carbonyl (C=O) groups excluding carboxylic acids is 2. The number of hydrogen-bond acceptors (Lipinski definition) is 6. The molecule has 1 atom stereocenters. The van der Waals surface area contributed by atoms with Crippen LogP contribution in [0.1, 0.15) is 33.9 Å². The first-order valence-corrected chi connectivity index (χ1v) is 10.6. The summed E-state index contributed by atoms with van der Waals surface area (Å²) < 4.78 is 10.7. The largest absolute Gasteiger partial charge is 0.493 e. The van der Waals surface area contributed by atoms with E-state index in [0.717, 1.165) is 5.56 Å². The molecule has 3 aromatic carbocycles. The van der Waals surface area contributed by atoms with E-state index in [0.29, 0.717) is 34.9 Å². The SMILES string of the molecule is COc1ccc(C(CC(=O)Nc2cccc([N+](=O)[O-])c2)N2Cc3ccccc3C2=O)cc1OC. The Balaban J connectivity index is 1.65. The fourth-order valence-corrected chi connectivity index (χ4v) is 4.08. The fraction of sp³-hybridized carbons (Fsp3) is 0.200. The number of rotatable bonds is 8. The van der Waals surface area contributed by atoms with Gasteiger partial charge >= 0.3 is 0 Å². The topological polar surface area (TPSA) is 111 Å². The highest BCUT2D eigenvalue weighted by Gasteiger charge is 2.35. The van der Waals surface area contributed by atoms with Crippen LogP contribution in [0.4, 0.5) is 11.4 Å². The van der Waals surface area contributed by atoms with Crippen LogP contribution in [-0.4, -0.2) is 35.9 Å². The Morgan fingerprint density at radius 1 is 1.06 bits per heavy atom. The molecule has 0 spiro atoms. The van der Waals surface area contributed by atoms with Gasteiger partial charge in [-0.25, -0.2) is 0 Å². The van der Waals surface area contributed by atoms with Gasteiger partial charge < -0.3 is 19.7 Å². The van der Waals surface area contributed by atoms with E-state index in [4.69, 9.17) is 9.47 Å². The van der Waals surface area contributed by atoms with Crippen molar-refractivity contribution in [3.8, 4) is 11.5 Å². The summed E-state index contributed by atoms with van der Waals surface area (Å²) in [7, 11) is 3.05. The molecule has 9 nitrogen and oxygen atoms in total. The summed E-state index contributed by atoms with van der Waals surface area (Å²) in [5.74, 6) is 0.456. The van der Waals surface area contributed by atoms with E-state index in [1.54, 1.807) is 41.3 Å². The second kappa shape index (κ2) is 9.62. The summed E-state index contributed by atoms with van der Waals surface area (Å²) in [6.07, 6.45) is -0.0576. The lowest BCUT2D eigenvalue weighted by atomic mass is 10.0. The predicted molar refractivity (Wildman–Crippen MR) is 125 cm³/mol. The molecule has 34 heavy (non-hydrogen) atoms. The van der Waals surface area contributed by atoms with Gasteiger partial charge in [-0.15, -0.1) is 0 Å². The van der Waals surface area contributed by atoms with E-state index in [9.17, 15) is 19.7 Å². The first-order chi connectivity index (χ1) is 16.4. The van der Waals surface area contributed by atoms with Crippen molar-refractivity contribution >= 4 is 23.2 Å². The van der Waals surface area contributed by atoms with Gasteiger partial charge in [0.2, 0.25) is 5.91 Å². The van der Waals surface area contributed by atoms with Crippen LogP contribution in [0.2, 0.25) is 0 Å². The summed E-state index contributed by atoms with van der Waals surface area (Å²) in [6, 6.07) is 17.7. The molecule has 1 aliphatic rings. The fourth-order valence-electron chi connectivity index (χ4n) is 4.08. The van der Waals surface area contributed by atoms with Crippen molar-refractivity contribution in [2.24, 2.45) is 0 Å². The zero-order valence-electron chi connectivity index (χ0n) is 18.7. The number of carbonyl (C=O) groups is 2. The molecule has 0 aliphatic carbocycles. The van der Waals surface area contributed by atoms with Gasteiger partial charge in [-0.3, -0.25) is 19.7 Å². The Morgan fingerprint density at radius 3 is 2.53 bits per heavy atom. The van der Waals surface area contributed by atoms with Crippen LogP contribution in [0, 0.1) is 10.1 Å². The standard InChI is InChI=1S/C25H23N3O6/c1-33-22-11-10-16(12-23(22)34-2)21(27-15-17-6-3-4-9-20(17)25(27)30)14-24(29)26-18-7-5-8-19(13-18)28(31)32/h3-13,21H,14-15H2,1-2H3,(H,26,29). The van der Waals surface area contributed by atoms with Crippen molar-refractivity contribution in [3.05, 3.63) is 93.5 Å². The quantitative estimate of drug-likeness (QED) is 0.395. The van der Waals surface area contributed by atoms with Crippen molar-refractivity contribution in [1.29, 1.82) is 0 Å². The second-order valence-corrected chi connectivity index (χ2v) is 7.78. The summed E-state index contributed by atoms with van der Waals surface area (Å²) in [5, 5.41) is 13.8. The van der Waals surface area contributed by atoms with Crippen LogP contribution in [0.15, 0.2) is 66.7 Å². The summed E-state index contributed by atoms with van der Waals surface area (Å²) >= 11 is 0. The number of anilines is 1. The first kappa shape index (κ1) is 22.8. The van der Waals surface area contributed by atoms with E-state index in [1.807, 2.05) is 12.1 Å². The Bertz CT molecular complexity index is 1260. The van der Waals surface area contributed by atoms with E-state index in [1.165, 1.54) is 32.4 Å². The molecule has 174 valence electrons. The molecule has 1 unspecified atom stereocenters. The minimum atomic E-state index is -0.599. The maximum Gasteiger partial charge on any atom is 0.271 e. The van der Waals surface area contributed by atoms with Crippen LogP contribution in [-0.2, 0) is 11.3 Å². The van der Waals surface area contributed by atoms with E-state index >= 15 is 0 Å². The van der Waals surface area contributed by atoms with Gasteiger partial charge in [0, 0.05) is 29.9 Å². The molecule has 9 heteroatoms. The first-order valence-electron chi connectivity index (χ1n) is 10.6. The summed E-state index contributed by atoms with van der Waals surface area (Å²) in [4.78, 5) is 38.4. The third-order valence-corrected chi connectivity index (χ3v) is 5.74. The molecule has 0 radical (unpaired) electrons. The number of nitrogens with zero attached hydrogens (tertiary/aromatic N) is 2. The number of nitro benzene ring substituents is 1. The average molecular weight is 461 g/mol. The lowest BCUT2D eigenvalue weighted by Gasteiger charge is -2.28. The number of non-ortho nitro benzene ring substituents is 1. The Labute approximate surface area is 196 Å². The van der Waals surface area contributed by atoms with Crippen molar-refractivity contribution < 1.29 is 24.0 Å². The molecule has 4 rings (SSSR count). The van der Waals surface area contributed by atoms with Crippen LogP contribution in [0.25, 0.3) is 0 Å². The second-order valence-electron chi connectivity index (χ2n) is 7.78. The van der Waals surface area contributed by atoms with Crippen molar-refractivity contribution in [1.82, 2.24) is 4.90 Å². The highest BCUT2D eigenvalue weighted by Crippen LogP contribution is 2.37. The van der Waals surface area contributed by atoms with E-state index in [-0.39, 0.29) is 23.9 Å². The third kappa shape index (κ3) is 4.54. The van der Waals surface area contributed by atoms with Crippen molar-refractivity contribution in [2.75, 3.05) is 19.5 Å². The smallest absolute Gasteiger partial charge is 0.271 e. The van der Waals surface area contributed by atoms with Crippen molar-refractivity contribution in [3.63, 3.8) is 0 Å². The number of nitrogens with one attached hydrogen (secondary N) is 1. The lowest BCUT2D eigenvalue weighted by molar-refractivity contribution is -0.384. The molecule has 0 saturated heterocycles. The van der Waals surface area contributed by atoms with Gasteiger partial charge in [-0.05, 0) is 35.4 Å². The van der Waals surface area contributed by atoms with Crippen LogP contribution in [0.5, 0.6) is 11.5 Å². The van der Waals surface area contributed by atoms with Gasteiger partial charge in [-0.1, -0.05) is 30.3 Å². The molecule has 1 aliphatic heterocycles. The predicted octanol–water partition coefficient (Wildman–Crippen LogP) is 4.34. The highest BCUT2D eigenvalue weighted by molar-refractivity contribution is 5.99. The molecule has 1 heterocycles. The normalized spacial score (nSPS) is 13.2. The van der Waals surface area contributed by atoms with Crippen LogP contribution < -0.4 is 14.8 Å². The Hall–Kier alpha value is -4.40.